The van der Waals surface area contributed by atoms with E-state index in [1.807, 2.05) is 0 Å². The van der Waals surface area contributed by atoms with E-state index >= 15 is 0 Å². The number of methoxy groups -OCH3 is 1. The van der Waals surface area contributed by atoms with Crippen molar-refractivity contribution in [2.24, 2.45) is 0 Å². The van der Waals surface area contributed by atoms with E-state index in [2.05, 4.69) is 10.1 Å². The van der Waals surface area contributed by atoms with Gasteiger partial charge in [-0.1, -0.05) is 30.3 Å². The lowest BCUT2D eigenvalue weighted by Crippen LogP contribution is -2.27. The highest BCUT2D eigenvalue weighted by Gasteiger charge is 2.19. The molecule has 0 spiro atoms. The second-order valence-electron chi connectivity index (χ2n) is 3.68. The smallest absolute Gasteiger partial charge is 0.332 e. The number of esters is 1. The van der Waals surface area contributed by atoms with Crippen molar-refractivity contribution in [2.45, 2.75) is 13.0 Å². The van der Waals surface area contributed by atoms with Crippen molar-refractivity contribution >= 4 is 11.9 Å². The van der Waals surface area contributed by atoms with Gasteiger partial charge in [-0.25, -0.2) is 9.59 Å². The topological polar surface area (TPSA) is 75.6 Å². The summed E-state index contributed by atoms with van der Waals surface area (Å²) in [5, 5.41) is 11.9. The Bertz CT molecular complexity index is 453. The summed E-state index contributed by atoms with van der Waals surface area (Å²) in [6, 6.07) is 7.83. The third-order valence-corrected chi connectivity index (χ3v) is 2.29. The molecule has 5 heteroatoms. The van der Waals surface area contributed by atoms with Gasteiger partial charge >= 0.3 is 11.9 Å². The summed E-state index contributed by atoms with van der Waals surface area (Å²) in [4.78, 5) is 22.2. The number of carbonyl (C=O) groups is 2. The summed E-state index contributed by atoms with van der Waals surface area (Å²) >= 11 is 0. The Balaban J connectivity index is 2.86. The Kier molecular flexibility index (Phi) is 4.92. The van der Waals surface area contributed by atoms with Crippen LogP contribution < -0.4 is 5.32 Å². The summed E-state index contributed by atoms with van der Waals surface area (Å²) in [5.74, 6) is -1.55. The van der Waals surface area contributed by atoms with Crippen LogP contribution in [0.1, 0.15) is 18.5 Å². The monoisotopic (exact) mass is 249 g/mol. The molecule has 1 rings (SSSR count). The van der Waals surface area contributed by atoms with E-state index in [1.54, 1.807) is 37.3 Å². The second kappa shape index (κ2) is 6.44. The minimum absolute atomic E-state index is 0.429. The number of carboxylic acid groups (broad SMARTS) is 1. The van der Waals surface area contributed by atoms with Crippen molar-refractivity contribution < 1.29 is 19.4 Å². The molecule has 0 aromatic heterocycles. The number of nitrogens with one attached hydrogen (secondary N) is 1. The number of benzene rings is 1. The minimum Gasteiger partial charge on any atom is -0.479 e. The summed E-state index contributed by atoms with van der Waals surface area (Å²) in [6.07, 6.45) is 1.21. The average Bonchev–Trinajstić information content (AvgIpc) is 2.36. The average molecular weight is 249 g/mol. The molecule has 0 radical (unpaired) electrons. The summed E-state index contributed by atoms with van der Waals surface area (Å²) < 4.78 is 4.47. The molecular weight excluding hydrogens is 234 g/mol. The van der Waals surface area contributed by atoms with Crippen LogP contribution in [0.25, 0.3) is 0 Å². The van der Waals surface area contributed by atoms with Gasteiger partial charge in [0, 0.05) is 11.8 Å². The van der Waals surface area contributed by atoms with Crippen LogP contribution in [0, 0.1) is 0 Å². The number of aliphatic carboxylic acids is 1. The fourth-order valence-electron chi connectivity index (χ4n) is 1.44. The third kappa shape index (κ3) is 3.93. The quantitative estimate of drug-likeness (QED) is 0.610. The number of hydrogen-bond acceptors (Lipinski definition) is 4. The van der Waals surface area contributed by atoms with Crippen LogP contribution in [-0.2, 0) is 14.3 Å². The Morgan fingerprint density at radius 2 is 1.94 bits per heavy atom. The zero-order chi connectivity index (χ0) is 13.5. The molecule has 0 fully saturated rings. The number of ether oxygens (including phenoxy) is 1. The predicted molar refractivity (Wildman–Crippen MR) is 65.7 cm³/mol. The number of carboxylic acids is 1. The molecule has 1 aromatic carbocycles. The second-order valence-corrected chi connectivity index (χ2v) is 3.68. The minimum atomic E-state index is -1.01. The van der Waals surface area contributed by atoms with E-state index in [4.69, 9.17) is 5.11 Å². The fraction of sp³-hybridized carbons (Fsp3) is 0.231. The van der Waals surface area contributed by atoms with Crippen LogP contribution in [0.3, 0.4) is 0 Å². The molecule has 0 aliphatic rings. The van der Waals surface area contributed by atoms with Crippen LogP contribution in [0.15, 0.2) is 42.1 Å². The normalized spacial score (nSPS) is 12.7. The predicted octanol–water partition coefficient (Wildman–Crippen LogP) is 1.48. The molecule has 1 atom stereocenters. The van der Waals surface area contributed by atoms with E-state index < -0.39 is 18.0 Å². The first-order chi connectivity index (χ1) is 8.54. The molecule has 1 aromatic rings. The van der Waals surface area contributed by atoms with Crippen LogP contribution in [-0.4, -0.2) is 24.2 Å². The standard InChI is InChI=1S/C13H15NO4/c1-9(8-11(15)18-2)14-12(13(16)17)10-6-4-3-5-7-10/h3-8,12,14H,1-2H3,(H,16,17). The Morgan fingerprint density at radius 3 is 2.44 bits per heavy atom. The maximum Gasteiger partial charge on any atom is 0.332 e. The third-order valence-electron chi connectivity index (χ3n) is 2.29. The van der Waals surface area contributed by atoms with Crippen LogP contribution >= 0.6 is 0 Å². The van der Waals surface area contributed by atoms with Gasteiger partial charge in [0.15, 0.2) is 0 Å². The molecule has 0 aliphatic carbocycles. The number of hydrogen-bond donors (Lipinski definition) is 2. The van der Waals surface area contributed by atoms with Crippen LogP contribution in [0.4, 0.5) is 0 Å². The highest BCUT2D eigenvalue weighted by atomic mass is 16.5. The molecule has 0 saturated carbocycles. The molecular formula is C13H15NO4. The molecule has 0 heterocycles. The van der Waals surface area contributed by atoms with E-state index in [0.29, 0.717) is 11.3 Å². The zero-order valence-electron chi connectivity index (χ0n) is 10.2. The van der Waals surface area contributed by atoms with Gasteiger partial charge in [-0.15, -0.1) is 0 Å². The lowest BCUT2D eigenvalue weighted by molar-refractivity contribution is -0.139. The largest absolute Gasteiger partial charge is 0.479 e. The summed E-state index contributed by atoms with van der Waals surface area (Å²) in [7, 11) is 1.26. The van der Waals surface area contributed by atoms with Crippen molar-refractivity contribution in [1.29, 1.82) is 0 Å². The van der Waals surface area contributed by atoms with Gasteiger partial charge < -0.3 is 15.2 Å². The molecule has 1 unspecified atom stereocenters. The first kappa shape index (κ1) is 13.8. The SMILES string of the molecule is COC(=O)C=C(C)NC(C(=O)O)c1ccccc1. The lowest BCUT2D eigenvalue weighted by Gasteiger charge is -2.16. The number of allylic oxidation sites excluding steroid dienone is 1. The molecule has 2 N–H and O–H groups in total. The van der Waals surface area contributed by atoms with Crippen molar-refractivity contribution in [3.8, 4) is 0 Å². The van der Waals surface area contributed by atoms with Gasteiger partial charge in [-0.3, -0.25) is 0 Å². The number of carbonyl (C=O) groups excluding carboxylic acids is 1. The summed E-state index contributed by atoms with van der Waals surface area (Å²) in [6.45, 7) is 1.61. The Hall–Kier alpha value is -2.30. The van der Waals surface area contributed by atoms with Crippen molar-refractivity contribution in [3.05, 3.63) is 47.7 Å². The van der Waals surface area contributed by atoms with E-state index in [0.717, 1.165) is 0 Å². The van der Waals surface area contributed by atoms with Gasteiger partial charge in [-0.2, -0.15) is 0 Å². The van der Waals surface area contributed by atoms with Gasteiger partial charge in [-0.05, 0) is 12.5 Å². The molecule has 96 valence electrons. The summed E-state index contributed by atoms with van der Waals surface area (Å²) in [5.41, 5.74) is 1.04. The Labute approximate surface area is 105 Å². The van der Waals surface area contributed by atoms with Gasteiger partial charge in [0.05, 0.1) is 7.11 Å². The van der Waals surface area contributed by atoms with E-state index in [-0.39, 0.29) is 0 Å². The van der Waals surface area contributed by atoms with Gasteiger partial charge in [0.25, 0.3) is 0 Å². The highest BCUT2D eigenvalue weighted by Crippen LogP contribution is 2.14. The number of rotatable bonds is 5. The molecule has 0 saturated heterocycles. The highest BCUT2D eigenvalue weighted by molar-refractivity contribution is 5.83. The van der Waals surface area contributed by atoms with Crippen LogP contribution in [0.5, 0.6) is 0 Å². The van der Waals surface area contributed by atoms with E-state index in [9.17, 15) is 9.59 Å². The van der Waals surface area contributed by atoms with E-state index in [1.165, 1.54) is 13.2 Å². The lowest BCUT2D eigenvalue weighted by atomic mass is 10.1. The van der Waals surface area contributed by atoms with Gasteiger partial charge in [0.2, 0.25) is 0 Å². The zero-order valence-corrected chi connectivity index (χ0v) is 10.2. The van der Waals surface area contributed by atoms with Crippen molar-refractivity contribution in [3.63, 3.8) is 0 Å². The Morgan fingerprint density at radius 1 is 1.33 bits per heavy atom. The first-order valence-corrected chi connectivity index (χ1v) is 5.35. The molecule has 0 amide bonds. The molecule has 0 aliphatic heterocycles. The maximum absolute atomic E-state index is 11.2. The molecule has 5 nitrogen and oxygen atoms in total. The van der Waals surface area contributed by atoms with Crippen LogP contribution in [0.2, 0.25) is 0 Å². The first-order valence-electron chi connectivity index (χ1n) is 5.35. The van der Waals surface area contributed by atoms with Gasteiger partial charge in [0.1, 0.15) is 6.04 Å². The fourth-order valence-corrected chi connectivity index (χ4v) is 1.44. The molecule has 18 heavy (non-hydrogen) atoms. The molecule has 0 bridgehead atoms. The van der Waals surface area contributed by atoms with Crippen molar-refractivity contribution in [2.75, 3.05) is 7.11 Å². The van der Waals surface area contributed by atoms with Crippen molar-refractivity contribution in [1.82, 2.24) is 5.32 Å². The maximum atomic E-state index is 11.2.